The standard InChI is InChI=1S/C9H8ClF3O/c1-8(14,9(11,12)13)6-3-2-4-7(10)5-6/h2-5,14H,1H3/t8-/m1/s1. The zero-order valence-electron chi connectivity index (χ0n) is 7.27. The van der Waals surface area contributed by atoms with Gasteiger partial charge in [-0.3, -0.25) is 0 Å². The molecule has 1 aromatic rings. The number of hydrogen-bond donors (Lipinski definition) is 1. The molecule has 0 aromatic heterocycles. The van der Waals surface area contributed by atoms with Crippen LogP contribution in [0.2, 0.25) is 5.02 Å². The number of aliphatic hydroxyl groups is 1. The van der Waals surface area contributed by atoms with Gasteiger partial charge in [0.25, 0.3) is 0 Å². The summed E-state index contributed by atoms with van der Waals surface area (Å²) in [5.74, 6) is 0. The summed E-state index contributed by atoms with van der Waals surface area (Å²) in [6.07, 6.45) is -4.71. The summed E-state index contributed by atoms with van der Waals surface area (Å²) in [4.78, 5) is 0. The Morgan fingerprint density at radius 2 is 1.86 bits per heavy atom. The summed E-state index contributed by atoms with van der Waals surface area (Å²) in [5, 5.41) is 9.42. The van der Waals surface area contributed by atoms with Crippen LogP contribution in [0, 0.1) is 0 Å². The first-order chi connectivity index (χ1) is 6.25. The van der Waals surface area contributed by atoms with E-state index >= 15 is 0 Å². The molecule has 0 spiro atoms. The molecule has 1 rings (SSSR count). The van der Waals surface area contributed by atoms with E-state index < -0.39 is 11.8 Å². The van der Waals surface area contributed by atoms with Crippen LogP contribution in [0.25, 0.3) is 0 Å². The molecule has 0 aliphatic heterocycles. The lowest BCUT2D eigenvalue weighted by Crippen LogP contribution is -2.39. The Balaban J connectivity index is 3.16. The molecule has 0 heterocycles. The molecular weight excluding hydrogens is 217 g/mol. The molecule has 0 aliphatic carbocycles. The summed E-state index contributed by atoms with van der Waals surface area (Å²) in [6.45, 7) is 0.693. The van der Waals surface area contributed by atoms with Crippen LogP contribution in [-0.4, -0.2) is 11.3 Å². The molecule has 0 fully saturated rings. The summed E-state index contributed by atoms with van der Waals surface area (Å²) >= 11 is 5.52. The van der Waals surface area contributed by atoms with Gasteiger partial charge in [-0.2, -0.15) is 13.2 Å². The van der Waals surface area contributed by atoms with Gasteiger partial charge >= 0.3 is 6.18 Å². The molecule has 0 radical (unpaired) electrons. The maximum absolute atomic E-state index is 12.4. The lowest BCUT2D eigenvalue weighted by Gasteiger charge is -2.26. The fourth-order valence-electron chi connectivity index (χ4n) is 0.955. The van der Waals surface area contributed by atoms with Crippen molar-refractivity contribution in [1.82, 2.24) is 0 Å². The van der Waals surface area contributed by atoms with Gasteiger partial charge in [-0.1, -0.05) is 23.7 Å². The van der Waals surface area contributed by atoms with Crippen molar-refractivity contribution in [2.24, 2.45) is 0 Å². The largest absolute Gasteiger partial charge is 0.421 e. The molecule has 0 amide bonds. The van der Waals surface area contributed by atoms with Crippen molar-refractivity contribution in [3.8, 4) is 0 Å². The SMILES string of the molecule is C[C@@](O)(c1cccc(Cl)c1)C(F)(F)F. The molecule has 1 nitrogen and oxygen atoms in total. The lowest BCUT2D eigenvalue weighted by atomic mass is 9.96. The molecule has 0 bridgehead atoms. The van der Waals surface area contributed by atoms with E-state index in [1.54, 1.807) is 0 Å². The van der Waals surface area contributed by atoms with Crippen LogP contribution in [0.1, 0.15) is 12.5 Å². The molecule has 0 unspecified atom stereocenters. The van der Waals surface area contributed by atoms with Gasteiger partial charge in [-0.05, 0) is 24.6 Å². The molecule has 78 valence electrons. The zero-order chi connectivity index (χ0) is 11.0. The molecule has 5 heteroatoms. The topological polar surface area (TPSA) is 20.2 Å². The van der Waals surface area contributed by atoms with Crippen LogP contribution >= 0.6 is 11.6 Å². The smallest absolute Gasteiger partial charge is 0.376 e. The van der Waals surface area contributed by atoms with Gasteiger partial charge in [0.05, 0.1) is 0 Å². The van der Waals surface area contributed by atoms with E-state index in [2.05, 4.69) is 0 Å². The van der Waals surface area contributed by atoms with Crippen molar-refractivity contribution in [2.45, 2.75) is 18.7 Å². The quantitative estimate of drug-likeness (QED) is 0.777. The minimum Gasteiger partial charge on any atom is -0.376 e. The first-order valence-electron chi connectivity index (χ1n) is 3.80. The zero-order valence-corrected chi connectivity index (χ0v) is 8.02. The van der Waals surface area contributed by atoms with Crippen LogP contribution in [0.15, 0.2) is 24.3 Å². The van der Waals surface area contributed by atoms with E-state index in [-0.39, 0.29) is 10.6 Å². The molecule has 1 atom stereocenters. The van der Waals surface area contributed by atoms with Gasteiger partial charge in [0, 0.05) is 5.02 Å². The van der Waals surface area contributed by atoms with E-state index in [1.807, 2.05) is 0 Å². The van der Waals surface area contributed by atoms with Crippen molar-refractivity contribution in [3.63, 3.8) is 0 Å². The highest BCUT2D eigenvalue weighted by molar-refractivity contribution is 6.30. The van der Waals surface area contributed by atoms with Crippen LogP contribution in [0.5, 0.6) is 0 Å². The van der Waals surface area contributed by atoms with Crippen molar-refractivity contribution >= 4 is 11.6 Å². The predicted octanol–water partition coefficient (Wildman–Crippen LogP) is 3.11. The Hall–Kier alpha value is -0.740. The van der Waals surface area contributed by atoms with Crippen molar-refractivity contribution in [2.75, 3.05) is 0 Å². The van der Waals surface area contributed by atoms with Crippen LogP contribution in [-0.2, 0) is 5.60 Å². The Bertz CT molecular complexity index is 333. The van der Waals surface area contributed by atoms with Crippen molar-refractivity contribution in [1.29, 1.82) is 0 Å². The maximum atomic E-state index is 12.4. The Morgan fingerprint density at radius 1 is 1.29 bits per heavy atom. The maximum Gasteiger partial charge on any atom is 0.421 e. The summed E-state index contributed by atoms with van der Waals surface area (Å²) in [5.41, 5.74) is -3.13. The first kappa shape index (κ1) is 11.3. The molecule has 0 saturated carbocycles. The number of hydrogen-bond acceptors (Lipinski definition) is 1. The Kier molecular flexibility index (Phi) is 2.78. The molecule has 14 heavy (non-hydrogen) atoms. The average Bonchev–Trinajstić information content (AvgIpc) is 2.02. The van der Waals surface area contributed by atoms with Crippen molar-refractivity contribution < 1.29 is 18.3 Å². The minimum atomic E-state index is -4.71. The van der Waals surface area contributed by atoms with Gasteiger partial charge in [-0.15, -0.1) is 0 Å². The third-order valence-electron chi connectivity index (χ3n) is 1.94. The van der Waals surface area contributed by atoms with Gasteiger partial charge in [-0.25, -0.2) is 0 Å². The second-order valence-corrected chi connectivity index (χ2v) is 3.52. The van der Waals surface area contributed by atoms with Crippen LogP contribution in [0.4, 0.5) is 13.2 Å². The summed E-state index contributed by atoms with van der Waals surface area (Å²) in [6, 6.07) is 5.07. The second kappa shape index (κ2) is 3.44. The highest BCUT2D eigenvalue weighted by Crippen LogP contribution is 2.38. The number of halogens is 4. The average molecular weight is 225 g/mol. The Morgan fingerprint density at radius 3 is 2.29 bits per heavy atom. The predicted molar refractivity (Wildman–Crippen MR) is 47.1 cm³/mol. The van der Waals surface area contributed by atoms with Gasteiger partial charge in [0.15, 0.2) is 5.60 Å². The Labute approximate surface area is 84.1 Å². The van der Waals surface area contributed by atoms with E-state index in [4.69, 9.17) is 11.6 Å². The van der Waals surface area contributed by atoms with Gasteiger partial charge in [0.1, 0.15) is 0 Å². The number of rotatable bonds is 1. The van der Waals surface area contributed by atoms with E-state index in [9.17, 15) is 18.3 Å². The minimum absolute atomic E-state index is 0.159. The lowest BCUT2D eigenvalue weighted by molar-refractivity contribution is -0.258. The molecular formula is C9H8ClF3O. The third-order valence-corrected chi connectivity index (χ3v) is 2.17. The number of benzene rings is 1. The van der Waals surface area contributed by atoms with E-state index in [0.29, 0.717) is 6.92 Å². The molecule has 1 N–H and O–H groups in total. The van der Waals surface area contributed by atoms with E-state index in [1.165, 1.54) is 18.2 Å². The summed E-state index contributed by atoms with van der Waals surface area (Å²) < 4.78 is 37.1. The molecule has 0 aliphatic rings. The van der Waals surface area contributed by atoms with Gasteiger partial charge in [0.2, 0.25) is 0 Å². The number of alkyl halides is 3. The van der Waals surface area contributed by atoms with E-state index in [0.717, 1.165) is 6.07 Å². The normalized spacial score (nSPS) is 16.4. The fraction of sp³-hybridized carbons (Fsp3) is 0.333. The highest BCUT2D eigenvalue weighted by atomic mass is 35.5. The first-order valence-corrected chi connectivity index (χ1v) is 4.18. The summed E-state index contributed by atoms with van der Waals surface area (Å²) in [7, 11) is 0. The molecule has 0 saturated heterocycles. The third kappa shape index (κ3) is 2.01. The van der Waals surface area contributed by atoms with Crippen LogP contribution in [0.3, 0.4) is 0 Å². The van der Waals surface area contributed by atoms with Gasteiger partial charge < -0.3 is 5.11 Å². The monoisotopic (exact) mass is 224 g/mol. The van der Waals surface area contributed by atoms with Crippen molar-refractivity contribution in [3.05, 3.63) is 34.9 Å². The molecule has 1 aromatic carbocycles. The fourth-order valence-corrected chi connectivity index (χ4v) is 1.15. The van der Waals surface area contributed by atoms with Crippen LogP contribution < -0.4 is 0 Å². The highest BCUT2D eigenvalue weighted by Gasteiger charge is 2.51. The second-order valence-electron chi connectivity index (χ2n) is 3.08.